The van der Waals surface area contributed by atoms with E-state index in [9.17, 15) is 13.2 Å². The lowest BCUT2D eigenvalue weighted by atomic mass is 9.94. The zero-order valence-electron chi connectivity index (χ0n) is 14.2. The number of anilines is 1. The molecule has 0 radical (unpaired) electrons. The predicted octanol–water partition coefficient (Wildman–Crippen LogP) is 6.37. The maximum atomic E-state index is 13.9. The molecule has 2 nitrogen and oxygen atoms in total. The van der Waals surface area contributed by atoms with E-state index in [-0.39, 0.29) is 5.56 Å². The standard InChI is InChI=1S/C22H15F3N2/c23-22(24,25)21(27-26-16-9-2-1-3-10-16)20-14-15-8-4-5-11-17(15)18-12-6-7-13-19(18)20/h1-14,26H/b27-21-. The van der Waals surface area contributed by atoms with Crippen LogP contribution in [0.1, 0.15) is 5.56 Å². The number of halogens is 3. The summed E-state index contributed by atoms with van der Waals surface area (Å²) in [7, 11) is 0. The summed E-state index contributed by atoms with van der Waals surface area (Å²) < 4.78 is 41.6. The predicted molar refractivity (Wildman–Crippen MR) is 104 cm³/mol. The van der Waals surface area contributed by atoms with Crippen molar-refractivity contribution < 1.29 is 13.2 Å². The highest BCUT2D eigenvalue weighted by molar-refractivity contribution is 6.20. The van der Waals surface area contributed by atoms with Gasteiger partial charge in [-0.2, -0.15) is 18.3 Å². The smallest absolute Gasteiger partial charge is 0.278 e. The van der Waals surface area contributed by atoms with E-state index >= 15 is 0 Å². The fourth-order valence-electron chi connectivity index (χ4n) is 3.16. The van der Waals surface area contributed by atoms with Gasteiger partial charge < -0.3 is 0 Å². The SMILES string of the molecule is FC(F)(F)/C(=N\Nc1ccccc1)c1cc2ccccc2c2ccccc12. The van der Waals surface area contributed by atoms with E-state index in [1.165, 1.54) is 0 Å². The Kier molecular flexibility index (Phi) is 4.28. The van der Waals surface area contributed by atoms with E-state index in [0.29, 0.717) is 11.1 Å². The third-order valence-electron chi connectivity index (χ3n) is 4.36. The largest absolute Gasteiger partial charge is 0.435 e. The van der Waals surface area contributed by atoms with Crippen LogP contribution in [0.5, 0.6) is 0 Å². The topological polar surface area (TPSA) is 24.4 Å². The Morgan fingerprint density at radius 3 is 2.00 bits per heavy atom. The van der Waals surface area contributed by atoms with Gasteiger partial charge in [-0.3, -0.25) is 5.43 Å². The molecule has 0 atom stereocenters. The summed E-state index contributed by atoms with van der Waals surface area (Å²) in [6.07, 6.45) is -4.60. The maximum absolute atomic E-state index is 13.9. The lowest BCUT2D eigenvalue weighted by Gasteiger charge is -2.15. The van der Waals surface area contributed by atoms with Gasteiger partial charge in [0.2, 0.25) is 0 Å². The fraction of sp³-hybridized carbons (Fsp3) is 0.0455. The number of hydrogen-bond acceptors (Lipinski definition) is 2. The molecule has 4 aromatic carbocycles. The van der Waals surface area contributed by atoms with E-state index < -0.39 is 11.9 Å². The van der Waals surface area contributed by atoms with Crippen molar-refractivity contribution in [2.45, 2.75) is 6.18 Å². The van der Waals surface area contributed by atoms with Crippen molar-refractivity contribution in [1.82, 2.24) is 0 Å². The molecule has 0 amide bonds. The number of alkyl halides is 3. The van der Waals surface area contributed by atoms with Gasteiger partial charge >= 0.3 is 6.18 Å². The molecule has 0 spiro atoms. The molecule has 0 bridgehead atoms. The fourth-order valence-corrected chi connectivity index (χ4v) is 3.16. The lowest BCUT2D eigenvalue weighted by molar-refractivity contribution is -0.0580. The normalized spacial score (nSPS) is 12.5. The van der Waals surface area contributed by atoms with E-state index in [1.54, 1.807) is 48.5 Å². The van der Waals surface area contributed by atoms with Crippen molar-refractivity contribution >= 4 is 32.9 Å². The maximum Gasteiger partial charge on any atom is 0.435 e. The molecule has 0 aliphatic heterocycles. The van der Waals surface area contributed by atoms with E-state index in [4.69, 9.17) is 0 Å². The molecule has 0 aromatic heterocycles. The molecular weight excluding hydrogens is 349 g/mol. The van der Waals surface area contributed by atoms with Crippen LogP contribution >= 0.6 is 0 Å². The van der Waals surface area contributed by atoms with E-state index in [2.05, 4.69) is 10.5 Å². The number of para-hydroxylation sites is 1. The summed E-state index contributed by atoms with van der Waals surface area (Å²) in [6.45, 7) is 0. The molecular formula is C22H15F3N2. The van der Waals surface area contributed by atoms with Crippen LogP contribution in [0.25, 0.3) is 21.5 Å². The number of hydrogen-bond donors (Lipinski definition) is 1. The molecule has 5 heteroatoms. The highest BCUT2D eigenvalue weighted by Gasteiger charge is 2.38. The number of hydrazone groups is 1. The van der Waals surface area contributed by atoms with Crippen LogP contribution in [0.15, 0.2) is 90.0 Å². The van der Waals surface area contributed by atoms with Crippen molar-refractivity contribution in [2.24, 2.45) is 5.10 Å². The van der Waals surface area contributed by atoms with Gasteiger partial charge in [-0.1, -0.05) is 66.7 Å². The summed E-state index contributed by atoms with van der Waals surface area (Å²) in [4.78, 5) is 0. The first-order valence-electron chi connectivity index (χ1n) is 8.41. The molecule has 0 fully saturated rings. The second-order valence-corrected chi connectivity index (χ2v) is 6.13. The average molecular weight is 364 g/mol. The third-order valence-corrected chi connectivity index (χ3v) is 4.36. The number of fused-ring (bicyclic) bond motifs is 3. The van der Waals surface area contributed by atoms with Crippen LogP contribution in [-0.2, 0) is 0 Å². The molecule has 0 saturated heterocycles. The van der Waals surface area contributed by atoms with Crippen molar-refractivity contribution in [2.75, 3.05) is 5.43 Å². The minimum Gasteiger partial charge on any atom is -0.278 e. The van der Waals surface area contributed by atoms with E-state index in [0.717, 1.165) is 16.2 Å². The minimum atomic E-state index is -4.60. The molecule has 0 heterocycles. The zero-order chi connectivity index (χ0) is 18.9. The molecule has 0 aliphatic rings. The first-order chi connectivity index (χ1) is 13.0. The molecule has 0 aliphatic carbocycles. The highest BCUT2D eigenvalue weighted by atomic mass is 19.4. The van der Waals surface area contributed by atoms with Gasteiger partial charge in [-0.25, -0.2) is 0 Å². The Morgan fingerprint density at radius 2 is 1.30 bits per heavy atom. The Hall–Kier alpha value is -3.34. The summed E-state index contributed by atoms with van der Waals surface area (Å²) in [5.74, 6) is 0. The summed E-state index contributed by atoms with van der Waals surface area (Å²) in [5, 5.41) is 6.67. The highest BCUT2D eigenvalue weighted by Crippen LogP contribution is 2.33. The Morgan fingerprint density at radius 1 is 0.704 bits per heavy atom. The molecule has 1 N–H and O–H groups in total. The van der Waals surface area contributed by atoms with Crippen LogP contribution in [0, 0.1) is 0 Å². The van der Waals surface area contributed by atoms with Crippen molar-refractivity contribution in [3.8, 4) is 0 Å². The van der Waals surface area contributed by atoms with Crippen LogP contribution in [0.3, 0.4) is 0 Å². The van der Waals surface area contributed by atoms with Crippen LogP contribution in [0.2, 0.25) is 0 Å². The number of nitrogens with one attached hydrogen (secondary N) is 1. The minimum absolute atomic E-state index is 0.0558. The molecule has 134 valence electrons. The van der Waals surface area contributed by atoms with Gasteiger partial charge in [0.15, 0.2) is 5.71 Å². The van der Waals surface area contributed by atoms with Gasteiger partial charge in [0.25, 0.3) is 0 Å². The molecule has 27 heavy (non-hydrogen) atoms. The molecule has 0 saturated carbocycles. The summed E-state index contributed by atoms with van der Waals surface area (Å²) in [6, 6.07) is 24.6. The van der Waals surface area contributed by atoms with Gasteiger partial charge in [0.1, 0.15) is 0 Å². The zero-order valence-corrected chi connectivity index (χ0v) is 14.2. The van der Waals surface area contributed by atoms with Crippen LogP contribution in [-0.4, -0.2) is 11.9 Å². The van der Waals surface area contributed by atoms with Crippen molar-refractivity contribution in [3.63, 3.8) is 0 Å². The summed E-state index contributed by atoms with van der Waals surface area (Å²) in [5.41, 5.74) is 2.13. The molecule has 0 unspecified atom stereocenters. The number of nitrogens with zero attached hydrogens (tertiary/aromatic N) is 1. The Labute approximate surface area is 153 Å². The third kappa shape index (κ3) is 3.36. The van der Waals surface area contributed by atoms with Gasteiger partial charge in [0, 0.05) is 5.56 Å². The van der Waals surface area contributed by atoms with E-state index in [1.807, 2.05) is 36.4 Å². The average Bonchev–Trinajstić information content (AvgIpc) is 2.68. The first kappa shape index (κ1) is 17.1. The molecule has 4 rings (SSSR count). The first-order valence-corrected chi connectivity index (χ1v) is 8.41. The van der Waals surface area contributed by atoms with Gasteiger partial charge in [-0.15, -0.1) is 0 Å². The Bertz CT molecular complexity index is 1130. The second kappa shape index (κ2) is 6.76. The quantitative estimate of drug-likeness (QED) is 0.255. The Balaban J connectivity index is 1.95. The summed E-state index contributed by atoms with van der Waals surface area (Å²) >= 11 is 0. The van der Waals surface area contributed by atoms with Gasteiger partial charge in [-0.05, 0) is 39.7 Å². The monoisotopic (exact) mass is 364 g/mol. The van der Waals surface area contributed by atoms with Crippen LogP contribution < -0.4 is 5.43 Å². The second-order valence-electron chi connectivity index (χ2n) is 6.13. The van der Waals surface area contributed by atoms with Gasteiger partial charge in [0.05, 0.1) is 5.69 Å². The number of rotatable bonds is 3. The van der Waals surface area contributed by atoms with Crippen molar-refractivity contribution in [3.05, 3.63) is 90.5 Å². The lowest BCUT2D eigenvalue weighted by Crippen LogP contribution is -2.25. The van der Waals surface area contributed by atoms with Crippen molar-refractivity contribution in [1.29, 1.82) is 0 Å². The molecule has 4 aromatic rings. The number of benzene rings is 4. The van der Waals surface area contributed by atoms with Crippen LogP contribution in [0.4, 0.5) is 18.9 Å².